The van der Waals surface area contributed by atoms with E-state index in [2.05, 4.69) is 15.9 Å². The number of aromatic nitrogens is 1. The van der Waals surface area contributed by atoms with Crippen LogP contribution in [-0.2, 0) is 6.42 Å². The second kappa shape index (κ2) is 3.06. The normalized spacial score (nSPS) is 15.9. The van der Waals surface area contributed by atoms with E-state index in [0.717, 1.165) is 24.3 Å². The van der Waals surface area contributed by atoms with Crippen LogP contribution in [-0.4, -0.2) is 11.5 Å². The van der Waals surface area contributed by atoms with Crippen LogP contribution in [0.3, 0.4) is 0 Å². The minimum absolute atomic E-state index is 0.855. The molecule has 5 heteroatoms. The average molecular weight is 165 g/mol. The fourth-order valence-electron chi connectivity index (χ4n) is 1.31. The Balaban J connectivity index is 2.37. The van der Waals surface area contributed by atoms with Crippen molar-refractivity contribution >= 4 is 5.69 Å². The quantitative estimate of drug-likeness (QED) is 0.380. The molecule has 1 aliphatic heterocycles. The third-order valence-corrected chi connectivity index (χ3v) is 1.87. The molecule has 0 saturated carbocycles. The molecule has 1 aromatic heterocycles. The molecule has 0 aliphatic carbocycles. The van der Waals surface area contributed by atoms with Crippen LogP contribution in [0.2, 0.25) is 0 Å². The van der Waals surface area contributed by atoms with Crippen molar-refractivity contribution in [3.05, 3.63) is 24.0 Å². The summed E-state index contributed by atoms with van der Waals surface area (Å²) in [5.41, 5.74) is 7.68. The fraction of sp³-hybridized carbons (Fsp3) is 0.286. The third-order valence-electron chi connectivity index (χ3n) is 1.87. The molecule has 0 fully saturated rings. The Kier molecular flexibility index (Phi) is 1.91. The topological polar surface area (TPSA) is 66.2 Å². The summed E-state index contributed by atoms with van der Waals surface area (Å²) in [6, 6.07) is 3.85. The number of nitrogens with one attached hydrogen (secondary N) is 2. The Labute approximate surface area is 70.5 Å². The van der Waals surface area contributed by atoms with Gasteiger partial charge in [0, 0.05) is 19.2 Å². The van der Waals surface area contributed by atoms with E-state index in [0.29, 0.717) is 0 Å². The van der Waals surface area contributed by atoms with Gasteiger partial charge in [0.15, 0.2) is 0 Å². The summed E-state index contributed by atoms with van der Waals surface area (Å²) in [7, 11) is 0. The van der Waals surface area contributed by atoms with Crippen LogP contribution < -0.4 is 21.9 Å². The van der Waals surface area contributed by atoms with Crippen molar-refractivity contribution in [2.75, 3.05) is 11.7 Å². The molecule has 12 heavy (non-hydrogen) atoms. The second-order valence-electron chi connectivity index (χ2n) is 2.59. The Bertz CT molecular complexity index is 274. The minimum atomic E-state index is 0.855. The molecule has 0 radical (unpaired) electrons. The summed E-state index contributed by atoms with van der Waals surface area (Å²) >= 11 is 0. The first-order chi connectivity index (χ1) is 5.92. The highest BCUT2D eigenvalue weighted by molar-refractivity contribution is 5.49. The maximum absolute atomic E-state index is 5.30. The van der Waals surface area contributed by atoms with Gasteiger partial charge in [-0.3, -0.25) is 10.8 Å². The lowest BCUT2D eigenvalue weighted by Gasteiger charge is -2.29. The number of nitrogens with two attached hydrogens (primary N) is 1. The van der Waals surface area contributed by atoms with Gasteiger partial charge < -0.3 is 0 Å². The number of hydrogen-bond acceptors (Lipinski definition) is 5. The molecule has 1 aromatic rings. The number of fused-ring (bicyclic) bond motifs is 1. The van der Waals surface area contributed by atoms with Crippen LogP contribution in [0.1, 0.15) is 5.69 Å². The van der Waals surface area contributed by atoms with Gasteiger partial charge in [-0.2, -0.15) is 5.53 Å². The molecular formula is C7H11N5. The summed E-state index contributed by atoms with van der Waals surface area (Å²) in [5.74, 6) is 5.30. The highest BCUT2D eigenvalue weighted by atomic mass is 15.8. The van der Waals surface area contributed by atoms with Gasteiger partial charge in [-0.05, 0) is 12.1 Å². The Morgan fingerprint density at radius 3 is 3.42 bits per heavy atom. The number of pyridine rings is 1. The van der Waals surface area contributed by atoms with E-state index in [1.807, 2.05) is 12.1 Å². The van der Waals surface area contributed by atoms with Crippen LogP contribution in [0.4, 0.5) is 5.69 Å². The monoisotopic (exact) mass is 165 g/mol. The highest BCUT2D eigenvalue weighted by Gasteiger charge is 2.14. The third kappa shape index (κ3) is 1.14. The van der Waals surface area contributed by atoms with Crippen molar-refractivity contribution in [1.29, 1.82) is 0 Å². The van der Waals surface area contributed by atoms with E-state index in [-0.39, 0.29) is 0 Å². The van der Waals surface area contributed by atoms with Crippen molar-refractivity contribution in [2.45, 2.75) is 6.42 Å². The van der Waals surface area contributed by atoms with E-state index in [9.17, 15) is 0 Å². The van der Waals surface area contributed by atoms with Gasteiger partial charge >= 0.3 is 0 Å². The maximum Gasteiger partial charge on any atom is 0.0931 e. The standard InChI is InChI=1S/C7H11N5/c8-11-12-7-2-1-4-9-6(7)3-5-10-12/h1-2,4,10-11H,3,5,8H2. The zero-order chi connectivity index (χ0) is 8.39. The lowest BCUT2D eigenvalue weighted by molar-refractivity contribution is 0.511. The first kappa shape index (κ1) is 7.48. The van der Waals surface area contributed by atoms with Gasteiger partial charge in [-0.1, -0.05) is 0 Å². The first-order valence-corrected chi connectivity index (χ1v) is 3.85. The predicted octanol–water partition coefficient (Wildman–Crippen LogP) is -0.673. The molecule has 4 N–H and O–H groups in total. The SMILES string of the molecule is NNN1NCCc2ncccc21. The summed E-state index contributed by atoms with van der Waals surface area (Å²) in [4.78, 5) is 4.24. The maximum atomic E-state index is 5.30. The lowest BCUT2D eigenvalue weighted by atomic mass is 10.2. The summed E-state index contributed by atoms with van der Waals surface area (Å²) < 4.78 is 0. The predicted molar refractivity (Wildman–Crippen MR) is 45.7 cm³/mol. The van der Waals surface area contributed by atoms with Gasteiger partial charge in [0.25, 0.3) is 0 Å². The zero-order valence-corrected chi connectivity index (χ0v) is 6.62. The highest BCUT2D eigenvalue weighted by Crippen LogP contribution is 2.17. The van der Waals surface area contributed by atoms with Gasteiger partial charge in [-0.15, -0.1) is 0 Å². The van der Waals surface area contributed by atoms with Gasteiger partial charge in [-0.25, -0.2) is 10.5 Å². The van der Waals surface area contributed by atoms with E-state index in [4.69, 9.17) is 5.84 Å². The molecule has 64 valence electrons. The molecule has 0 spiro atoms. The Morgan fingerprint density at radius 1 is 1.67 bits per heavy atom. The van der Waals surface area contributed by atoms with Crippen molar-refractivity contribution in [3.63, 3.8) is 0 Å². The van der Waals surface area contributed by atoms with Crippen molar-refractivity contribution in [1.82, 2.24) is 15.9 Å². The molecule has 1 aliphatic rings. The Hall–Kier alpha value is -1.17. The van der Waals surface area contributed by atoms with Gasteiger partial charge in [0.1, 0.15) is 0 Å². The molecule has 0 saturated heterocycles. The molecule has 0 atom stereocenters. The van der Waals surface area contributed by atoms with Crippen molar-refractivity contribution in [3.8, 4) is 0 Å². The largest absolute Gasteiger partial charge is 0.259 e. The molecule has 0 aromatic carbocycles. The summed E-state index contributed by atoms with van der Waals surface area (Å²) in [6.45, 7) is 0.855. The number of nitrogens with zero attached hydrogens (tertiary/aromatic N) is 2. The number of rotatable bonds is 1. The van der Waals surface area contributed by atoms with Crippen LogP contribution in [0, 0.1) is 0 Å². The van der Waals surface area contributed by atoms with Gasteiger partial charge in [0.05, 0.1) is 11.4 Å². The second-order valence-corrected chi connectivity index (χ2v) is 2.59. The van der Waals surface area contributed by atoms with Crippen LogP contribution in [0.5, 0.6) is 0 Å². The van der Waals surface area contributed by atoms with E-state index in [1.165, 1.54) is 0 Å². The molecule has 0 bridgehead atoms. The molecule has 2 heterocycles. The number of hydrogen-bond donors (Lipinski definition) is 3. The van der Waals surface area contributed by atoms with E-state index >= 15 is 0 Å². The fourth-order valence-corrected chi connectivity index (χ4v) is 1.31. The van der Waals surface area contributed by atoms with Gasteiger partial charge in [0.2, 0.25) is 0 Å². The molecule has 2 rings (SSSR count). The first-order valence-electron chi connectivity index (χ1n) is 3.85. The molecule has 0 unspecified atom stereocenters. The van der Waals surface area contributed by atoms with E-state index in [1.54, 1.807) is 11.3 Å². The van der Waals surface area contributed by atoms with Crippen molar-refractivity contribution < 1.29 is 0 Å². The molecule has 0 amide bonds. The summed E-state index contributed by atoms with van der Waals surface area (Å²) in [6.07, 6.45) is 2.73. The number of hydrazine groups is 3. The zero-order valence-electron chi connectivity index (χ0n) is 6.62. The molecular weight excluding hydrogens is 154 g/mol. The van der Waals surface area contributed by atoms with Crippen LogP contribution in [0.15, 0.2) is 18.3 Å². The minimum Gasteiger partial charge on any atom is -0.259 e. The Morgan fingerprint density at radius 2 is 2.58 bits per heavy atom. The van der Waals surface area contributed by atoms with E-state index < -0.39 is 0 Å². The van der Waals surface area contributed by atoms with Crippen LogP contribution >= 0.6 is 0 Å². The van der Waals surface area contributed by atoms with Crippen LogP contribution in [0.25, 0.3) is 0 Å². The smallest absolute Gasteiger partial charge is 0.0931 e. The summed E-state index contributed by atoms with van der Waals surface area (Å²) in [5, 5.41) is 1.67. The molecule has 5 nitrogen and oxygen atoms in total. The average Bonchev–Trinajstić information content (AvgIpc) is 2.17. The van der Waals surface area contributed by atoms with Crippen molar-refractivity contribution in [2.24, 2.45) is 5.84 Å². The number of anilines is 1. The lowest BCUT2D eigenvalue weighted by Crippen LogP contribution is -2.55.